The van der Waals surface area contributed by atoms with Gasteiger partial charge in [-0.05, 0) is 43.2 Å². The second-order valence-corrected chi connectivity index (χ2v) is 8.79. The Bertz CT molecular complexity index is 1010. The molecule has 0 saturated carbocycles. The zero-order valence-corrected chi connectivity index (χ0v) is 18.4. The first kappa shape index (κ1) is 21.5. The SMILES string of the molecule is CC(C)c1[nH]c(C(C)(OC(N)=O)c2ccncc2)nc1Sc1cc(Cl)cc(Cl)c1. The number of nitrogens with zero attached hydrogens (tertiary/aromatic N) is 2. The minimum absolute atomic E-state index is 0.142. The number of nitrogens with one attached hydrogen (secondary N) is 1. The van der Waals surface area contributed by atoms with E-state index >= 15 is 0 Å². The third-order valence-corrected chi connectivity index (χ3v) is 5.72. The number of carbonyl (C=O) groups excluding carboxylic acids is 1. The van der Waals surface area contributed by atoms with E-state index in [0.717, 1.165) is 15.6 Å². The van der Waals surface area contributed by atoms with Gasteiger partial charge in [-0.3, -0.25) is 4.98 Å². The van der Waals surface area contributed by atoms with Crippen LogP contribution in [0.1, 0.15) is 43.8 Å². The molecule has 6 nitrogen and oxygen atoms in total. The number of pyridine rings is 1. The maximum atomic E-state index is 11.7. The Morgan fingerprint density at radius 3 is 2.38 bits per heavy atom. The van der Waals surface area contributed by atoms with Crippen molar-refractivity contribution in [3.8, 4) is 0 Å². The molecule has 0 aliphatic heterocycles. The summed E-state index contributed by atoms with van der Waals surface area (Å²) in [4.78, 5) is 24.6. The van der Waals surface area contributed by atoms with Crippen LogP contribution in [0.5, 0.6) is 0 Å². The monoisotopic (exact) mass is 450 g/mol. The molecule has 1 aromatic carbocycles. The van der Waals surface area contributed by atoms with Gasteiger partial charge in [-0.25, -0.2) is 9.78 Å². The number of carbonyl (C=O) groups is 1. The van der Waals surface area contributed by atoms with Crippen LogP contribution in [-0.4, -0.2) is 21.0 Å². The number of benzene rings is 1. The van der Waals surface area contributed by atoms with Crippen LogP contribution in [-0.2, 0) is 10.3 Å². The van der Waals surface area contributed by atoms with Crippen LogP contribution in [0.4, 0.5) is 4.79 Å². The van der Waals surface area contributed by atoms with Gasteiger partial charge < -0.3 is 15.5 Å². The van der Waals surface area contributed by atoms with Crippen molar-refractivity contribution in [2.24, 2.45) is 5.73 Å². The van der Waals surface area contributed by atoms with Crippen molar-refractivity contribution < 1.29 is 9.53 Å². The van der Waals surface area contributed by atoms with Crippen LogP contribution >= 0.6 is 35.0 Å². The molecule has 3 aromatic rings. The molecule has 3 rings (SSSR count). The van der Waals surface area contributed by atoms with Gasteiger partial charge in [0, 0.05) is 32.9 Å². The summed E-state index contributed by atoms with van der Waals surface area (Å²) >= 11 is 13.7. The minimum Gasteiger partial charge on any atom is -0.430 e. The number of amides is 1. The summed E-state index contributed by atoms with van der Waals surface area (Å²) in [6.45, 7) is 5.83. The number of hydrogen-bond acceptors (Lipinski definition) is 5. The van der Waals surface area contributed by atoms with Gasteiger partial charge in [0.1, 0.15) is 5.03 Å². The fourth-order valence-electron chi connectivity index (χ4n) is 2.88. The molecule has 1 unspecified atom stereocenters. The lowest BCUT2D eigenvalue weighted by molar-refractivity contribution is 0.0533. The largest absolute Gasteiger partial charge is 0.430 e. The van der Waals surface area contributed by atoms with Crippen LogP contribution in [0, 0.1) is 0 Å². The highest BCUT2D eigenvalue weighted by atomic mass is 35.5. The lowest BCUT2D eigenvalue weighted by Crippen LogP contribution is -2.34. The summed E-state index contributed by atoms with van der Waals surface area (Å²) in [5, 5.41) is 1.82. The maximum absolute atomic E-state index is 11.7. The second kappa shape index (κ2) is 8.65. The van der Waals surface area contributed by atoms with Crippen molar-refractivity contribution in [2.45, 2.75) is 42.2 Å². The van der Waals surface area contributed by atoms with E-state index in [0.29, 0.717) is 21.4 Å². The lowest BCUT2D eigenvalue weighted by Gasteiger charge is -2.27. The number of nitrogens with two attached hydrogens (primary N) is 1. The maximum Gasteiger partial charge on any atom is 0.405 e. The molecule has 0 bridgehead atoms. The minimum atomic E-state index is -1.21. The van der Waals surface area contributed by atoms with E-state index in [4.69, 9.17) is 38.7 Å². The number of imidazole rings is 1. The fraction of sp³-hybridized carbons (Fsp3) is 0.250. The number of H-pyrrole nitrogens is 1. The molecule has 1 atom stereocenters. The number of ether oxygens (including phenoxy) is 1. The molecule has 29 heavy (non-hydrogen) atoms. The van der Waals surface area contributed by atoms with Crippen molar-refractivity contribution in [2.75, 3.05) is 0 Å². The molecule has 0 aliphatic rings. The highest BCUT2D eigenvalue weighted by molar-refractivity contribution is 7.99. The Hall–Kier alpha value is -2.22. The number of primary amides is 1. The van der Waals surface area contributed by atoms with E-state index < -0.39 is 11.7 Å². The molecular formula is C20H20Cl2N4O2S. The van der Waals surface area contributed by atoms with E-state index in [9.17, 15) is 4.79 Å². The van der Waals surface area contributed by atoms with Crippen LogP contribution < -0.4 is 5.73 Å². The average Bonchev–Trinajstić information content (AvgIpc) is 3.05. The molecule has 0 saturated heterocycles. The number of hydrogen-bond donors (Lipinski definition) is 2. The average molecular weight is 451 g/mol. The summed E-state index contributed by atoms with van der Waals surface area (Å²) in [7, 11) is 0. The van der Waals surface area contributed by atoms with Gasteiger partial charge in [0.15, 0.2) is 11.4 Å². The molecular weight excluding hydrogens is 431 g/mol. The van der Waals surface area contributed by atoms with Gasteiger partial charge in [0.05, 0.1) is 5.69 Å². The molecule has 0 radical (unpaired) electrons. The summed E-state index contributed by atoms with van der Waals surface area (Å²) in [6.07, 6.45) is 2.34. The molecule has 1 amide bonds. The normalized spacial score (nSPS) is 13.3. The van der Waals surface area contributed by atoms with Gasteiger partial charge in [0.2, 0.25) is 0 Å². The van der Waals surface area contributed by atoms with Crippen molar-refractivity contribution in [3.63, 3.8) is 0 Å². The first-order valence-corrected chi connectivity index (χ1v) is 10.4. The summed E-state index contributed by atoms with van der Waals surface area (Å²) in [5.41, 5.74) is 5.75. The Morgan fingerprint density at radius 2 is 1.83 bits per heavy atom. The van der Waals surface area contributed by atoms with Crippen LogP contribution in [0.3, 0.4) is 0 Å². The van der Waals surface area contributed by atoms with Crippen molar-refractivity contribution in [3.05, 3.63) is 69.9 Å². The topological polar surface area (TPSA) is 93.9 Å². The van der Waals surface area contributed by atoms with Crippen LogP contribution in [0.15, 0.2) is 52.6 Å². The lowest BCUT2D eigenvalue weighted by atomic mass is 9.96. The molecule has 9 heteroatoms. The third-order valence-electron chi connectivity index (χ3n) is 4.31. The molecule has 0 aliphatic carbocycles. The quantitative estimate of drug-likeness (QED) is 0.498. The van der Waals surface area contributed by atoms with Crippen LogP contribution in [0.25, 0.3) is 0 Å². The molecule has 2 heterocycles. The van der Waals surface area contributed by atoms with Gasteiger partial charge in [0.25, 0.3) is 0 Å². The Kier molecular flexibility index (Phi) is 6.41. The molecule has 3 N–H and O–H groups in total. The highest BCUT2D eigenvalue weighted by Gasteiger charge is 2.37. The predicted molar refractivity (Wildman–Crippen MR) is 115 cm³/mol. The van der Waals surface area contributed by atoms with Crippen molar-refractivity contribution in [1.29, 1.82) is 0 Å². The highest BCUT2D eigenvalue weighted by Crippen LogP contribution is 2.39. The number of aromatic nitrogens is 3. The standard InChI is InChI=1S/C20H20Cl2N4O2S/c1-11(2)16-17(29-15-9-13(21)8-14(22)10-15)26-18(25-16)20(3,28-19(23)27)12-4-6-24-7-5-12/h4-11H,1-3H3,(H2,23,27)(H,25,26). The van der Waals surface area contributed by atoms with E-state index in [1.54, 1.807) is 37.5 Å². The Morgan fingerprint density at radius 1 is 1.21 bits per heavy atom. The first-order valence-electron chi connectivity index (χ1n) is 8.82. The predicted octanol–water partition coefficient (Wildman–Crippen LogP) is 5.74. The van der Waals surface area contributed by atoms with E-state index in [1.807, 2.05) is 26.0 Å². The van der Waals surface area contributed by atoms with E-state index in [1.165, 1.54) is 11.8 Å². The molecule has 152 valence electrons. The second-order valence-electron chi connectivity index (χ2n) is 6.86. The third kappa shape index (κ3) is 4.86. The summed E-state index contributed by atoms with van der Waals surface area (Å²) in [5.74, 6) is 0.602. The van der Waals surface area contributed by atoms with Gasteiger partial charge >= 0.3 is 6.09 Å². The molecule has 0 spiro atoms. The summed E-state index contributed by atoms with van der Waals surface area (Å²) < 4.78 is 5.51. The van der Waals surface area contributed by atoms with Crippen LogP contribution in [0.2, 0.25) is 10.0 Å². The molecule has 0 fully saturated rings. The zero-order valence-electron chi connectivity index (χ0n) is 16.1. The van der Waals surface area contributed by atoms with E-state index in [-0.39, 0.29) is 5.92 Å². The van der Waals surface area contributed by atoms with Crippen molar-refractivity contribution in [1.82, 2.24) is 15.0 Å². The summed E-state index contributed by atoms with van der Waals surface area (Å²) in [6, 6.07) is 8.82. The number of aromatic amines is 1. The van der Waals surface area contributed by atoms with E-state index in [2.05, 4.69) is 9.97 Å². The number of halogens is 2. The Balaban J connectivity index is 2.09. The van der Waals surface area contributed by atoms with Gasteiger partial charge in [-0.1, -0.05) is 48.8 Å². The fourth-order valence-corrected chi connectivity index (χ4v) is 4.66. The smallest absolute Gasteiger partial charge is 0.405 e. The Labute approximate surface area is 183 Å². The molecule has 2 aromatic heterocycles. The van der Waals surface area contributed by atoms with Gasteiger partial charge in [-0.2, -0.15) is 0 Å². The number of rotatable bonds is 6. The van der Waals surface area contributed by atoms with Gasteiger partial charge in [-0.15, -0.1) is 0 Å². The van der Waals surface area contributed by atoms with Crippen molar-refractivity contribution >= 4 is 41.1 Å². The zero-order chi connectivity index (χ0) is 21.2. The first-order chi connectivity index (χ1) is 13.7.